The van der Waals surface area contributed by atoms with Gasteiger partial charge >= 0.3 is 0 Å². The van der Waals surface area contributed by atoms with Crippen molar-refractivity contribution in [2.45, 2.75) is 13.8 Å². The van der Waals surface area contributed by atoms with Crippen LogP contribution in [0.2, 0.25) is 0 Å². The van der Waals surface area contributed by atoms with Crippen molar-refractivity contribution in [3.8, 4) is 22.8 Å². The summed E-state index contributed by atoms with van der Waals surface area (Å²) in [4.78, 5) is 8.75. The molecule has 4 aromatic rings. The number of hydrogen-bond acceptors (Lipinski definition) is 5. The van der Waals surface area contributed by atoms with Gasteiger partial charge in [-0.15, -0.1) is 0 Å². The van der Waals surface area contributed by atoms with Crippen molar-refractivity contribution in [2.75, 3.05) is 12.4 Å². The molecule has 0 atom stereocenters. The SMILES string of the molecule is CNc1cc(Oc2cccnc2)nc2c(-c3ccc(C)c(C)c3)cnn12. The van der Waals surface area contributed by atoms with Gasteiger partial charge in [0.15, 0.2) is 5.65 Å². The number of ether oxygens (including phenoxy) is 1. The van der Waals surface area contributed by atoms with Crippen LogP contribution < -0.4 is 10.1 Å². The molecule has 0 saturated heterocycles. The number of anilines is 1. The van der Waals surface area contributed by atoms with Gasteiger partial charge < -0.3 is 10.1 Å². The fraction of sp³-hybridized carbons (Fsp3) is 0.150. The summed E-state index contributed by atoms with van der Waals surface area (Å²) in [5.74, 6) is 1.92. The minimum absolute atomic E-state index is 0.487. The van der Waals surface area contributed by atoms with Crippen molar-refractivity contribution in [1.29, 1.82) is 0 Å². The summed E-state index contributed by atoms with van der Waals surface area (Å²) >= 11 is 0. The molecule has 3 heterocycles. The average Bonchev–Trinajstić information content (AvgIpc) is 3.08. The minimum atomic E-state index is 0.487. The van der Waals surface area contributed by atoms with Crippen LogP contribution in [0.15, 0.2) is 55.0 Å². The van der Waals surface area contributed by atoms with Crippen LogP contribution in [0.4, 0.5) is 5.82 Å². The fourth-order valence-corrected chi connectivity index (χ4v) is 2.81. The van der Waals surface area contributed by atoms with Gasteiger partial charge in [0.25, 0.3) is 0 Å². The topological polar surface area (TPSA) is 64.3 Å². The van der Waals surface area contributed by atoms with Gasteiger partial charge in [-0.3, -0.25) is 4.98 Å². The summed E-state index contributed by atoms with van der Waals surface area (Å²) in [7, 11) is 1.85. The summed E-state index contributed by atoms with van der Waals surface area (Å²) in [5.41, 5.74) is 5.27. The van der Waals surface area contributed by atoms with Gasteiger partial charge in [0, 0.05) is 24.9 Å². The molecule has 0 aliphatic rings. The molecule has 0 unspecified atom stereocenters. The van der Waals surface area contributed by atoms with Crippen molar-refractivity contribution in [1.82, 2.24) is 19.6 Å². The number of fused-ring (bicyclic) bond motifs is 1. The van der Waals surface area contributed by atoms with Crippen molar-refractivity contribution < 1.29 is 4.74 Å². The average molecular weight is 345 g/mol. The zero-order valence-corrected chi connectivity index (χ0v) is 14.9. The van der Waals surface area contributed by atoms with Crippen LogP contribution in [0.25, 0.3) is 16.8 Å². The Kier molecular flexibility index (Phi) is 4.01. The second-order valence-electron chi connectivity index (χ2n) is 6.11. The number of nitrogens with one attached hydrogen (secondary N) is 1. The fourth-order valence-electron chi connectivity index (χ4n) is 2.81. The lowest BCUT2D eigenvalue weighted by Crippen LogP contribution is -2.02. The number of rotatable bonds is 4. The van der Waals surface area contributed by atoms with Crippen molar-refractivity contribution in [3.05, 3.63) is 66.1 Å². The first-order valence-corrected chi connectivity index (χ1v) is 8.38. The number of benzene rings is 1. The first-order chi connectivity index (χ1) is 12.7. The highest BCUT2D eigenvalue weighted by Crippen LogP contribution is 2.30. The van der Waals surface area contributed by atoms with E-state index in [4.69, 9.17) is 4.74 Å². The monoisotopic (exact) mass is 345 g/mol. The van der Waals surface area contributed by atoms with Gasteiger partial charge in [-0.1, -0.05) is 18.2 Å². The summed E-state index contributed by atoms with van der Waals surface area (Å²) < 4.78 is 7.66. The zero-order valence-electron chi connectivity index (χ0n) is 14.9. The number of aromatic nitrogens is 4. The maximum atomic E-state index is 5.88. The molecular weight excluding hydrogens is 326 g/mol. The molecule has 1 N–H and O–H groups in total. The molecule has 26 heavy (non-hydrogen) atoms. The Balaban J connectivity index is 1.85. The summed E-state index contributed by atoms with van der Waals surface area (Å²) in [6, 6.07) is 11.8. The predicted molar refractivity (Wildman–Crippen MR) is 102 cm³/mol. The van der Waals surface area contributed by atoms with E-state index >= 15 is 0 Å². The maximum absolute atomic E-state index is 5.88. The number of pyridine rings is 1. The van der Waals surface area contributed by atoms with Crippen LogP contribution in [-0.4, -0.2) is 26.6 Å². The first kappa shape index (κ1) is 16.1. The lowest BCUT2D eigenvalue weighted by Gasteiger charge is -2.09. The van der Waals surface area contributed by atoms with Gasteiger partial charge in [0.2, 0.25) is 5.88 Å². The highest BCUT2D eigenvalue weighted by Gasteiger charge is 2.14. The molecule has 0 fully saturated rings. The summed E-state index contributed by atoms with van der Waals surface area (Å²) in [6.45, 7) is 4.21. The largest absolute Gasteiger partial charge is 0.437 e. The van der Waals surface area contributed by atoms with E-state index in [-0.39, 0.29) is 0 Å². The molecule has 3 aromatic heterocycles. The number of aryl methyl sites for hydroxylation is 2. The van der Waals surface area contributed by atoms with Crippen molar-refractivity contribution in [3.63, 3.8) is 0 Å². The number of nitrogens with zero attached hydrogens (tertiary/aromatic N) is 4. The summed E-state index contributed by atoms with van der Waals surface area (Å²) in [6.07, 6.45) is 5.20. The van der Waals surface area contributed by atoms with Crippen LogP contribution in [0, 0.1) is 13.8 Å². The lowest BCUT2D eigenvalue weighted by molar-refractivity contribution is 0.461. The third kappa shape index (κ3) is 2.86. The molecule has 6 nitrogen and oxygen atoms in total. The van der Waals surface area contributed by atoms with Gasteiger partial charge in [-0.25, -0.2) is 0 Å². The molecule has 0 amide bonds. The quantitative estimate of drug-likeness (QED) is 0.599. The van der Waals surface area contributed by atoms with Crippen LogP contribution in [-0.2, 0) is 0 Å². The normalized spacial score (nSPS) is 10.9. The predicted octanol–water partition coefficient (Wildman–Crippen LogP) is 4.24. The Morgan fingerprint density at radius 1 is 1.04 bits per heavy atom. The Labute approximate surface area is 151 Å². The van der Waals surface area contributed by atoms with Gasteiger partial charge in [-0.05, 0) is 42.7 Å². The highest BCUT2D eigenvalue weighted by atomic mass is 16.5. The molecule has 6 heteroatoms. The van der Waals surface area contributed by atoms with Crippen LogP contribution in [0.3, 0.4) is 0 Å². The van der Waals surface area contributed by atoms with Gasteiger partial charge in [-0.2, -0.15) is 14.6 Å². The van der Waals surface area contributed by atoms with E-state index in [0.717, 1.165) is 22.6 Å². The van der Waals surface area contributed by atoms with Crippen molar-refractivity contribution >= 4 is 11.5 Å². The van der Waals surface area contributed by atoms with Crippen LogP contribution in [0.1, 0.15) is 11.1 Å². The Bertz CT molecular complexity index is 1070. The zero-order chi connectivity index (χ0) is 18.1. The Hall–Kier alpha value is -3.41. The first-order valence-electron chi connectivity index (χ1n) is 8.38. The summed E-state index contributed by atoms with van der Waals surface area (Å²) in [5, 5.41) is 7.64. The van der Waals surface area contributed by atoms with E-state index in [9.17, 15) is 0 Å². The molecule has 4 rings (SSSR count). The van der Waals surface area contributed by atoms with E-state index in [1.54, 1.807) is 16.9 Å². The molecule has 0 bridgehead atoms. The molecule has 1 aromatic carbocycles. The minimum Gasteiger partial charge on any atom is -0.437 e. The molecule has 0 aliphatic heterocycles. The Morgan fingerprint density at radius 3 is 2.65 bits per heavy atom. The van der Waals surface area contributed by atoms with Gasteiger partial charge in [0.05, 0.1) is 12.4 Å². The molecule has 0 aliphatic carbocycles. The second-order valence-corrected chi connectivity index (χ2v) is 6.11. The molecule has 0 spiro atoms. The van der Waals surface area contributed by atoms with Gasteiger partial charge in [0.1, 0.15) is 11.6 Å². The maximum Gasteiger partial charge on any atom is 0.225 e. The van der Waals surface area contributed by atoms with Crippen LogP contribution in [0.5, 0.6) is 11.6 Å². The van der Waals surface area contributed by atoms with E-state index in [0.29, 0.717) is 11.6 Å². The Morgan fingerprint density at radius 2 is 1.92 bits per heavy atom. The van der Waals surface area contributed by atoms with E-state index in [1.165, 1.54) is 11.1 Å². The third-order valence-corrected chi connectivity index (χ3v) is 4.38. The molecule has 0 radical (unpaired) electrons. The van der Waals surface area contributed by atoms with E-state index < -0.39 is 0 Å². The van der Waals surface area contributed by atoms with E-state index in [2.05, 4.69) is 52.4 Å². The number of hydrogen-bond donors (Lipinski definition) is 1. The second kappa shape index (κ2) is 6.48. The molecule has 0 saturated carbocycles. The lowest BCUT2D eigenvalue weighted by atomic mass is 10.0. The van der Waals surface area contributed by atoms with Crippen LogP contribution >= 0.6 is 0 Å². The highest BCUT2D eigenvalue weighted by molar-refractivity contribution is 5.79. The third-order valence-electron chi connectivity index (χ3n) is 4.38. The molecule has 130 valence electrons. The van der Waals surface area contributed by atoms with Crippen molar-refractivity contribution in [2.24, 2.45) is 0 Å². The molecular formula is C20H19N5O. The van der Waals surface area contributed by atoms with E-state index in [1.807, 2.05) is 31.4 Å². The standard InChI is InChI=1S/C20H19N5O/c1-13-6-7-15(9-14(13)2)17-12-23-25-18(21-3)10-19(24-20(17)25)26-16-5-4-8-22-11-16/h4-12,21H,1-3H3. The smallest absolute Gasteiger partial charge is 0.225 e.